The van der Waals surface area contributed by atoms with Crippen LogP contribution in [0.25, 0.3) is 11.3 Å². The molecule has 0 atom stereocenters. The van der Waals surface area contributed by atoms with E-state index in [0.29, 0.717) is 21.3 Å². The molecule has 45 heavy (non-hydrogen) atoms. The summed E-state index contributed by atoms with van der Waals surface area (Å²) >= 11 is 8.48. The van der Waals surface area contributed by atoms with Crippen molar-refractivity contribution in [2.75, 3.05) is 17.2 Å². The van der Waals surface area contributed by atoms with Crippen LogP contribution in [0.2, 0.25) is 0 Å². The van der Waals surface area contributed by atoms with Crippen LogP contribution in [0.15, 0.2) is 98.3 Å². The molecule has 2 amide bonds. The third kappa shape index (κ3) is 8.65. The maximum atomic E-state index is 12.8. The topological polar surface area (TPSA) is 105 Å². The Hall–Kier alpha value is -4.32. The number of nitrogens with zero attached hydrogens (tertiary/aromatic N) is 2. The van der Waals surface area contributed by atoms with Crippen LogP contribution in [0.1, 0.15) is 32.6 Å². The second kappa shape index (κ2) is 14.6. The van der Waals surface area contributed by atoms with E-state index in [0.717, 1.165) is 43.4 Å². The van der Waals surface area contributed by atoms with Crippen molar-refractivity contribution >= 4 is 77.7 Å². The van der Waals surface area contributed by atoms with Gasteiger partial charge in [-0.1, -0.05) is 57.9 Å². The van der Waals surface area contributed by atoms with Crippen molar-refractivity contribution in [3.8, 4) is 17.0 Å². The Kier molecular flexibility index (Phi) is 10.4. The van der Waals surface area contributed by atoms with Crippen molar-refractivity contribution in [2.45, 2.75) is 20.8 Å². The zero-order valence-corrected chi connectivity index (χ0v) is 28.6. The number of hydrogen-bond acceptors (Lipinski definition) is 7. The molecule has 0 radical (unpaired) electrons. The first kappa shape index (κ1) is 32.1. The molecule has 1 heterocycles. The van der Waals surface area contributed by atoms with Gasteiger partial charge in [0.2, 0.25) is 0 Å². The van der Waals surface area contributed by atoms with Crippen molar-refractivity contribution in [3.05, 3.63) is 121 Å². The van der Waals surface area contributed by atoms with Crippen LogP contribution < -0.4 is 20.8 Å². The van der Waals surface area contributed by atoms with Crippen LogP contribution in [-0.2, 0) is 4.79 Å². The summed E-state index contributed by atoms with van der Waals surface area (Å²) in [6.07, 6.45) is 1.47. The summed E-state index contributed by atoms with van der Waals surface area (Å²) in [6, 6.07) is 24.7. The third-order valence-corrected chi connectivity index (χ3v) is 8.48. The molecule has 0 aliphatic rings. The highest BCUT2D eigenvalue weighted by Crippen LogP contribution is 2.32. The van der Waals surface area contributed by atoms with Gasteiger partial charge in [-0.05, 0) is 90.3 Å². The minimum absolute atomic E-state index is 0.213. The molecule has 228 valence electrons. The predicted molar refractivity (Wildman–Crippen MR) is 189 cm³/mol. The maximum absolute atomic E-state index is 12.8. The zero-order chi connectivity index (χ0) is 31.9. The van der Waals surface area contributed by atoms with E-state index in [9.17, 15) is 9.59 Å². The molecular weight excluding hydrogens is 718 g/mol. The number of benzene rings is 4. The number of rotatable bonds is 10. The molecule has 0 aliphatic heterocycles. The molecule has 1 aromatic heterocycles. The molecule has 0 saturated carbocycles. The fourth-order valence-corrected chi connectivity index (χ4v) is 6.38. The Bertz CT molecular complexity index is 1870. The zero-order valence-electron chi connectivity index (χ0n) is 24.7. The monoisotopic (exact) mass is 745 g/mol. The molecule has 5 aromatic rings. The smallest absolute Gasteiger partial charge is 0.271 e. The largest absolute Gasteiger partial charge is 0.482 e. The highest BCUT2D eigenvalue weighted by Gasteiger charge is 2.13. The Morgan fingerprint density at radius 3 is 2.42 bits per heavy atom. The van der Waals surface area contributed by atoms with Crippen LogP contribution in [-0.4, -0.2) is 29.6 Å². The van der Waals surface area contributed by atoms with Crippen molar-refractivity contribution in [1.29, 1.82) is 0 Å². The van der Waals surface area contributed by atoms with Crippen LogP contribution in [0.5, 0.6) is 5.75 Å². The summed E-state index contributed by atoms with van der Waals surface area (Å²) in [4.78, 5) is 30.1. The number of aromatic nitrogens is 1. The van der Waals surface area contributed by atoms with Crippen LogP contribution >= 0.6 is 43.2 Å². The SMILES string of the molecule is Cc1ccc(Nc2nc(-c3ccc(C(=O)N/N=C/c4cc(Br)cc(Br)c4OCC(=O)Nc4cc(C)ccc4C)cc3)cs2)cc1. The number of hydrazone groups is 1. The first-order chi connectivity index (χ1) is 21.6. The van der Waals surface area contributed by atoms with Gasteiger partial charge in [0.05, 0.1) is 16.4 Å². The molecule has 4 aromatic carbocycles. The number of carbonyl (C=O) groups excluding carboxylic acids is 2. The fourth-order valence-electron chi connectivity index (χ4n) is 4.26. The van der Waals surface area contributed by atoms with Crippen molar-refractivity contribution < 1.29 is 14.3 Å². The summed E-state index contributed by atoms with van der Waals surface area (Å²) in [7, 11) is 0. The van der Waals surface area contributed by atoms with Crippen molar-refractivity contribution in [1.82, 2.24) is 10.4 Å². The van der Waals surface area contributed by atoms with E-state index in [2.05, 4.69) is 58.0 Å². The summed E-state index contributed by atoms with van der Waals surface area (Å²) in [5.74, 6) is -0.257. The van der Waals surface area contributed by atoms with Crippen LogP contribution in [0.3, 0.4) is 0 Å². The van der Waals surface area contributed by atoms with Gasteiger partial charge in [-0.15, -0.1) is 11.3 Å². The van der Waals surface area contributed by atoms with Gasteiger partial charge in [-0.2, -0.15) is 5.10 Å². The summed E-state index contributed by atoms with van der Waals surface area (Å²) in [5.41, 5.74) is 10.2. The lowest BCUT2D eigenvalue weighted by atomic mass is 10.1. The molecule has 11 heteroatoms. The number of carbonyl (C=O) groups is 2. The minimum Gasteiger partial charge on any atom is -0.482 e. The molecular formula is C34H29Br2N5O3S. The van der Waals surface area contributed by atoms with E-state index in [-0.39, 0.29) is 18.4 Å². The number of aryl methyl sites for hydroxylation is 3. The lowest BCUT2D eigenvalue weighted by Crippen LogP contribution is -2.21. The molecule has 0 bridgehead atoms. The van der Waals surface area contributed by atoms with Gasteiger partial charge < -0.3 is 15.4 Å². The summed E-state index contributed by atoms with van der Waals surface area (Å²) in [5, 5.41) is 13.1. The molecule has 5 rings (SSSR count). The third-order valence-electron chi connectivity index (χ3n) is 6.67. The number of hydrogen-bond donors (Lipinski definition) is 3. The van der Waals surface area contributed by atoms with E-state index in [1.165, 1.54) is 23.1 Å². The molecule has 0 aliphatic carbocycles. The number of anilines is 3. The Morgan fingerprint density at radius 1 is 0.933 bits per heavy atom. The predicted octanol–water partition coefficient (Wildman–Crippen LogP) is 8.79. The minimum atomic E-state index is -0.373. The van der Waals surface area contributed by atoms with Gasteiger partial charge in [0, 0.05) is 37.9 Å². The summed E-state index contributed by atoms with van der Waals surface area (Å²) < 4.78 is 7.26. The average Bonchev–Trinajstić information content (AvgIpc) is 3.48. The standard InChI is InChI=1S/C34H29Br2N5O3S/c1-20-5-12-27(13-6-20)38-34-40-30(19-45-34)23-8-10-24(11-9-23)33(43)41-37-17-25-15-26(35)16-28(36)32(25)44-18-31(42)39-29-14-21(2)4-7-22(29)3/h4-17,19H,18H2,1-3H3,(H,38,40)(H,39,42)(H,41,43)/b37-17+. The second-order valence-corrected chi connectivity index (χ2v) is 12.9. The maximum Gasteiger partial charge on any atom is 0.271 e. The van der Waals surface area contributed by atoms with E-state index in [4.69, 9.17) is 4.74 Å². The molecule has 3 N–H and O–H groups in total. The molecule has 0 spiro atoms. The number of ether oxygens (including phenoxy) is 1. The van der Waals surface area contributed by atoms with E-state index >= 15 is 0 Å². The first-order valence-corrected chi connectivity index (χ1v) is 16.3. The average molecular weight is 748 g/mol. The first-order valence-electron chi connectivity index (χ1n) is 13.9. The molecule has 8 nitrogen and oxygen atoms in total. The highest BCUT2D eigenvalue weighted by molar-refractivity contribution is 9.11. The van der Waals surface area contributed by atoms with Gasteiger partial charge in [0.15, 0.2) is 11.7 Å². The van der Waals surface area contributed by atoms with Crippen molar-refractivity contribution in [2.24, 2.45) is 5.10 Å². The summed E-state index contributed by atoms with van der Waals surface area (Å²) in [6.45, 7) is 5.73. The van der Waals surface area contributed by atoms with Crippen molar-refractivity contribution in [3.63, 3.8) is 0 Å². The van der Waals surface area contributed by atoms with E-state index in [1.54, 1.807) is 24.3 Å². The molecule has 0 unspecified atom stereocenters. The van der Waals surface area contributed by atoms with Gasteiger partial charge in [-0.25, -0.2) is 10.4 Å². The lowest BCUT2D eigenvalue weighted by molar-refractivity contribution is -0.118. The van der Waals surface area contributed by atoms with Gasteiger partial charge in [0.25, 0.3) is 11.8 Å². The van der Waals surface area contributed by atoms with Gasteiger partial charge in [0.1, 0.15) is 5.75 Å². The number of halogens is 2. The fraction of sp³-hybridized carbons (Fsp3) is 0.118. The Morgan fingerprint density at radius 2 is 1.67 bits per heavy atom. The Labute approximate surface area is 282 Å². The van der Waals surface area contributed by atoms with Gasteiger partial charge >= 0.3 is 0 Å². The normalized spacial score (nSPS) is 11.0. The van der Waals surface area contributed by atoms with Gasteiger partial charge in [-0.3, -0.25) is 9.59 Å². The lowest BCUT2D eigenvalue weighted by Gasteiger charge is -2.13. The second-order valence-electron chi connectivity index (χ2n) is 10.3. The van der Waals surface area contributed by atoms with E-state index < -0.39 is 0 Å². The van der Waals surface area contributed by atoms with Crippen LogP contribution in [0, 0.1) is 20.8 Å². The highest BCUT2D eigenvalue weighted by atomic mass is 79.9. The quantitative estimate of drug-likeness (QED) is 0.0980. The molecule has 0 fully saturated rings. The number of amides is 2. The number of nitrogens with one attached hydrogen (secondary N) is 3. The Balaban J connectivity index is 1.19. The molecule has 0 saturated heterocycles. The van der Waals surface area contributed by atoms with Crippen LogP contribution in [0.4, 0.5) is 16.5 Å². The number of thiazole rings is 1. The van der Waals surface area contributed by atoms with E-state index in [1.807, 2.05) is 80.7 Å².